The van der Waals surface area contributed by atoms with Crippen LogP contribution in [-0.2, 0) is 12.0 Å². The first-order chi connectivity index (χ1) is 9.83. The molecule has 3 rings (SSSR count). The molecule has 2 atom stereocenters. The number of nitrogens with one attached hydrogen (secondary N) is 1. The van der Waals surface area contributed by atoms with Crippen molar-refractivity contribution in [2.45, 2.75) is 84.7 Å². The highest BCUT2D eigenvalue weighted by atomic mass is 32.1. The summed E-state index contributed by atoms with van der Waals surface area (Å²) in [5.41, 5.74) is 1.85. The molecule has 0 aromatic carbocycles. The van der Waals surface area contributed by atoms with Crippen molar-refractivity contribution in [1.29, 1.82) is 0 Å². The standard InChI is InChI=1S/C18H30N2S/c1-6-15-13(3)21-16(19-15)18(20-14-7-8-14)10-12(2)9-17(4,5)11-18/h12,14,20H,6-11H2,1-5H3. The van der Waals surface area contributed by atoms with Gasteiger partial charge in [0.2, 0.25) is 0 Å². The molecule has 2 aliphatic carbocycles. The third kappa shape index (κ3) is 3.19. The van der Waals surface area contributed by atoms with Crippen LogP contribution in [0.4, 0.5) is 0 Å². The predicted octanol–water partition coefficient (Wildman–Crippen LogP) is 4.81. The summed E-state index contributed by atoms with van der Waals surface area (Å²) >= 11 is 1.94. The lowest BCUT2D eigenvalue weighted by Crippen LogP contribution is -2.51. The minimum Gasteiger partial charge on any atom is -0.303 e. The Balaban J connectivity index is 1.98. The van der Waals surface area contributed by atoms with E-state index in [0.29, 0.717) is 5.41 Å². The lowest BCUT2D eigenvalue weighted by molar-refractivity contribution is 0.0777. The number of thiazole rings is 1. The SMILES string of the molecule is CCc1nc(C2(NC3CC3)CC(C)CC(C)(C)C2)sc1C. The van der Waals surface area contributed by atoms with Gasteiger partial charge in [-0.05, 0) is 56.8 Å². The van der Waals surface area contributed by atoms with Crippen LogP contribution in [0.1, 0.15) is 75.4 Å². The number of hydrogen-bond donors (Lipinski definition) is 1. The lowest BCUT2D eigenvalue weighted by Gasteiger charge is -2.47. The summed E-state index contributed by atoms with van der Waals surface area (Å²) in [6.45, 7) is 11.8. The van der Waals surface area contributed by atoms with Gasteiger partial charge >= 0.3 is 0 Å². The van der Waals surface area contributed by atoms with E-state index in [2.05, 4.69) is 39.9 Å². The zero-order valence-electron chi connectivity index (χ0n) is 14.3. The molecule has 1 N–H and O–H groups in total. The average Bonchev–Trinajstić information content (AvgIpc) is 3.06. The Morgan fingerprint density at radius 3 is 2.52 bits per heavy atom. The maximum atomic E-state index is 5.06. The highest BCUT2D eigenvalue weighted by molar-refractivity contribution is 7.11. The van der Waals surface area contributed by atoms with E-state index >= 15 is 0 Å². The van der Waals surface area contributed by atoms with Crippen LogP contribution in [0, 0.1) is 18.3 Å². The molecule has 0 spiro atoms. The molecule has 0 saturated heterocycles. The Kier molecular flexibility index (Phi) is 3.94. The molecule has 2 unspecified atom stereocenters. The van der Waals surface area contributed by atoms with E-state index in [9.17, 15) is 0 Å². The van der Waals surface area contributed by atoms with Crippen LogP contribution >= 0.6 is 11.3 Å². The van der Waals surface area contributed by atoms with Crippen molar-refractivity contribution in [3.63, 3.8) is 0 Å². The van der Waals surface area contributed by atoms with E-state index in [-0.39, 0.29) is 5.54 Å². The maximum absolute atomic E-state index is 5.06. The third-order valence-electron chi connectivity index (χ3n) is 5.07. The quantitative estimate of drug-likeness (QED) is 0.863. The van der Waals surface area contributed by atoms with Gasteiger partial charge in [-0.1, -0.05) is 27.7 Å². The van der Waals surface area contributed by atoms with Crippen LogP contribution in [-0.4, -0.2) is 11.0 Å². The topological polar surface area (TPSA) is 24.9 Å². The number of aromatic nitrogens is 1. The van der Waals surface area contributed by atoms with E-state index in [1.54, 1.807) is 0 Å². The fourth-order valence-corrected chi connectivity index (χ4v) is 5.65. The molecule has 3 heteroatoms. The smallest absolute Gasteiger partial charge is 0.113 e. The van der Waals surface area contributed by atoms with Crippen LogP contribution in [0.3, 0.4) is 0 Å². The second-order valence-electron chi connectivity index (χ2n) is 8.23. The number of hydrogen-bond acceptors (Lipinski definition) is 3. The van der Waals surface area contributed by atoms with E-state index in [1.165, 1.54) is 47.7 Å². The second-order valence-corrected chi connectivity index (χ2v) is 9.43. The van der Waals surface area contributed by atoms with Gasteiger partial charge in [0.25, 0.3) is 0 Å². The van der Waals surface area contributed by atoms with Gasteiger partial charge in [0.1, 0.15) is 5.01 Å². The minimum absolute atomic E-state index is 0.130. The van der Waals surface area contributed by atoms with Crippen LogP contribution in [0.5, 0.6) is 0 Å². The summed E-state index contributed by atoms with van der Waals surface area (Å²) in [5, 5.41) is 5.39. The molecule has 0 amide bonds. The molecule has 2 fully saturated rings. The van der Waals surface area contributed by atoms with Gasteiger partial charge in [0.05, 0.1) is 11.2 Å². The fraction of sp³-hybridized carbons (Fsp3) is 0.833. The summed E-state index contributed by atoms with van der Waals surface area (Å²) in [7, 11) is 0. The summed E-state index contributed by atoms with van der Waals surface area (Å²) in [6, 6.07) is 0.736. The highest BCUT2D eigenvalue weighted by Crippen LogP contribution is 2.50. The molecule has 21 heavy (non-hydrogen) atoms. The second kappa shape index (κ2) is 5.34. The molecule has 0 aliphatic heterocycles. The monoisotopic (exact) mass is 306 g/mol. The molecule has 1 aromatic rings. The van der Waals surface area contributed by atoms with Gasteiger partial charge in [-0.25, -0.2) is 4.98 Å². The van der Waals surface area contributed by atoms with E-state index < -0.39 is 0 Å². The molecule has 2 nitrogen and oxygen atoms in total. The van der Waals surface area contributed by atoms with Crippen molar-refractivity contribution in [2.75, 3.05) is 0 Å². The maximum Gasteiger partial charge on any atom is 0.113 e. The summed E-state index contributed by atoms with van der Waals surface area (Å²) in [5.74, 6) is 0.772. The van der Waals surface area contributed by atoms with Crippen molar-refractivity contribution >= 4 is 11.3 Å². The molecule has 118 valence electrons. The number of nitrogens with zero attached hydrogens (tertiary/aromatic N) is 1. The van der Waals surface area contributed by atoms with Crippen molar-refractivity contribution in [3.8, 4) is 0 Å². The van der Waals surface area contributed by atoms with Gasteiger partial charge < -0.3 is 5.32 Å². The van der Waals surface area contributed by atoms with Gasteiger partial charge in [-0.2, -0.15) is 0 Å². The zero-order chi connectivity index (χ0) is 15.3. The van der Waals surface area contributed by atoms with Gasteiger partial charge in [-0.3, -0.25) is 0 Å². The van der Waals surface area contributed by atoms with Gasteiger partial charge in [0, 0.05) is 10.9 Å². The van der Waals surface area contributed by atoms with E-state index in [0.717, 1.165) is 18.4 Å². The zero-order valence-corrected chi connectivity index (χ0v) is 15.1. The summed E-state index contributed by atoms with van der Waals surface area (Å²) in [6.07, 6.45) is 7.58. The summed E-state index contributed by atoms with van der Waals surface area (Å²) < 4.78 is 0. The van der Waals surface area contributed by atoms with Gasteiger partial charge in [0.15, 0.2) is 0 Å². The van der Waals surface area contributed by atoms with Crippen LogP contribution in [0.2, 0.25) is 0 Å². The Hall–Kier alpha value is -0.410. The Morgan fingerprint density at radius 1 is 1.29 bits per heavy atom. The predicted molar refractivity (Wildman–Crippen MR) is 90.9 cm³/mol. The minimum atomic E-state index is 0.130. The van der Waals surface area contributed by atoms with E-state index in [4.69, 9.17) is 4.98 Å². The Labute approximate surface area is 133 Å². The number of rotatable bonds is 4. The first-order valence-electron chi connectivity index (χ1n) is 8.58. The van der Waals surface area contributed by atoms with Crippen molar-refractivity contribution in [3.05, 3.63) is 15.6 Å². The lowest BCUT2D eigenvalue weighted by atomic mass is 9.64. The van der Waals surface area contributed by atoms with Crippen LogP contribution in [0.25, 0.3) is 0 Å². The van der Waals surface area contributed by atoms with E-state index in [1.807, 2.05) is 11.3 Å². The molecule has 0 bridgehead atoms. The molecular formula is C18H30N2S. The van der Waals surface area contributed by atoms with Crippen molar-refractivity contribution in [2.24, 2.45) is 11.3 Å². The molecular weight excluding hydrogens is 276 g/mol. The molecule has 0 radical (unpaired) electrons. The molecule has 2 saturated carbocycles. The number of aryl methyl sites for hydroxylation is 2. The Bertz CT molecular complexity index is 511. The van der Waals surface area contributed by atoms with Crippen LogP contribution < -0.4 is 5.32 Å². The Morgan fingerprint density at radius 2 is 2.00 bits per heavy atom. The molecule has 1 heterocycles. The third-order valence-corrected chi connectivity index (χ3v) is 6.29. The van der Waals surface area contributed by atoms with Crippen LogP contribution in [0.15, 0.2) is 0 Å². The average molecular weight is 307 g/mol. The first kappa shape index (κ1) is 15.5. The van der Waals surface area contributed by atoms with Crippen molar-refractivity contribution < 1.29 is 0 Å². The largest absolute Gasteiger partial charge is 0.303 e. The first-order valence-corrected chi connectivity index (χ1v) is 9.40. The van der Waals surface area contributed by atoms with Crippen molar-refractivity contribution in [1.82, 2.24) is 10.3 Å². The fourth-order valence-electron chi connectivity index (χ4n) is 4.49. The summed E-state index contributed by atoms with van der Waals surface area (Å²) in [4.78, 5) is 6.48. The van der Waals surface area contributed by atoms with Gasteiger partial charge in [-0.15, -0.1) is 11.3 Å². The normalized spacial score (nSPS) is 32.3. The molecule has 2 aliphatic rings. The molecule has 1 aromatic heterocycles. The highest BCUT2D eigenvalue weighted by Gasteiger charge is 2.48.